The average molecular weight is 495 g/mol. The Morgan fingerprint density at radius 3 is 2.73 bits per heavy atom. The fraction of sp³-hybridized carbons (Fsp3) is 0.235. The highest BCUT2D eigenvalue weighted by atomic mass is 127. The molecule has 0 aliphatic carbocycles. The third-order valence-electron chi connectivity index (χ3n) is 3.47. The molecule has 0 spiro atoms. The molecule has 0 aliphatic rings. The fourth-order valence-electron chi connectivity index (χ4n) is 2.17. The summed E-state index contributed by atoms with van der Waals surface area (Å²) in [4.78, 5) is 11.9. The minimum Gasteiger partial charge on any atom is -0.493 e. The van der Waals surface area contributed by atoms with E-state index in [-0.39, 0.29) is 40.7 Å². The first-order valence-electron chi connectivity index (χ1n) is 7.59. The maximum atomic E-state index is 14.1. The van der Waals surface area contributed by atoms with E-state index in [1.165, 1.54) is 24.3 Å². The zero-order valence-corrected chi connectivity index (χ0v) is 16.4. The Kier molecular flexibility index (Phi) is 7.44. The summed E-state index contributed by atoms with van der Waals surface area (Å²) in [5.74, 6) is -1.18. The third kappa shape index (κ3) is 5.19. The van der Waals surface area contributed by atoms with Gasteiger partial charge in [-0.2, -0.15) is 0 Å². The first-order chi connectivity index (χ1) is 12.3. The van der Waals surface area contributed by atoms with Crippen molar-refractivity contribution in [3.05, 3.63) is 50.3 Å². The molecule has 6 nitrogen and oxygen atoms in total. The molecule has 0 bridgehead atoms. The number of aliphatic hydroxyl groups is 2. The van der Waals surface area contributed by atoms with Crippen LogP contribution in [0.25, 0.3) is 0 Å². The maximum absolute atomic E-state index is 14.1. The van der Waals surface area contributed by atoms with Gasteiger partial charge in [-0.1, -0.05) is 11.6 Å². The van der Waals surface area contributed by atoms with Gasteiger partial charge in [0.1, 0.15) is 17.1 Å². The minimum atomic E-state index is -0.933. The number of primary amides is 1. The molecule has 2 aromatic rings. The lowest BCUT2D eigenvalue weighted by Gasteiger charge is -2.17. The number of halogens is 3. The van der Waals surface area contributed by atoms with Crippen LogP contribution in [0.1, 0.15) is 16.8 Å². The SMILES string of the molecule is NC(=O)c1c(OCC[C@@H](O)CO)ccc(Cl)c1Nc1ccc(I)cc1F. The second-order valence-electron chi connectivity index (χ2n) is 5.38. The van der Waals surface area contributed by atoms with E-state index in [0.717, 1.165) is 0 Å². The predicted octanol–water partition coefficient (Wildman–Crippen LogP) is 3.05. The first-order valence-corrected chi connectivity index (χ1v) is 9.05. The summed E-state index contributed by atoms with van der Waals surface area (Å²) in [5, 5.41) is 21.1. The number of carbonyl (C=O) groups is 1. The molecule has 2 rings (SSSR count). The lowest BCUT2D eigenvalue weighted by molar-refractivity contribution is 0.0751. The van der Waals surface area contributed by atoms with Crippen LogP contribution in [0.5, 0.6) is 5.75 Å². The lowest BCUT2D eigenvalue weighted by atomic mass is 10.1. The molecular formula is C17H17ClFIN2O4. The lowest BCUT2D eigenvalue weighted by Crippen LogP contribution is -2.19. The number of hydrogen-bond acceptors (Lipinski definition) is 5. The summed E-state index contributed by atoms with van der Waals surface area (Å²) >= 11 is 8.14. The van der Waals surface area contributed by atoms with Gasteiger partial charge < -0.3 is 26.0 Å². The van der Waals surface area contributed by atoms with Crippen LogP contribution in [0, 0.1) is 9.39 Å². The maximum Gasteiger partial charge on any atom is 0.254 e. The highest BCUT2D eigenvalue weighted by Gasteiger charge is 2.20. The molecule has 0 radical (unpaired) electrons. The third-order valence-corrected chi connectivity index (χ3v) is 4.46. The second-order valence-corrected chi connectivity index (χ2v) is 7.04. The van der Waals surface area contributed by atoms with Crippen LogP contribution in [-0.4, -0.2) is 35.4 Å². The number of rotatable bonds is 8. The number of ether oxygens (including phenoxy) is 1. The standard InChI is InChI=1S/C17H17ClFIN2O4/c18-11-2-4-14(26-6-5-10(24)8-23)15(17(21)25)16(11)22-13-3-1-9(20)7-12(13)19/h1-4,7,10,22-24H,5-6,8H2,(H2,21,25)/t10-/m1/s1. The molecule has 26 heavy (non-hydrogen) atoms. The molecule has 0 fully saturated rings. The zero-order chi connectivity index (χ0) is 19.3. The molecule has 0 aromatic heterocycles. The predicted molar refractivity (Wildman–Crippen MR) is 106 cm³/mol. The van der Waals surface area contributed by atoms with Crippen LogP contribution in [0.2, 0.25) is 5.02 Å². The molecule has 0 saturated carbocycles. The van der Waals surface area contributed by atoms with Crippen molar-refractivity contribution < 1.29 is 24.1 Å². The van der Waals surface area contributed by atoms with Gasteiger partial charge in [-0.15, -0.1) is 0 Å². The van der Waals surface area contributed by atoms with Crippen LogP contribution in [0.15, 0.2) is 30.3 Å². The summed E-state index contributed by atoms with van der Waals surface area (Å²) < 4.78 is 20.3. The number of carbonyl (C=O) groups excluding carboxylic acids is 1. The Morgan fingerprint density at radius 2 is 2.12 bits per heavy atom. The first kappa shape index (κ1) is 20.7. The molecule has 0 heterocycles. The quantitative estimate of drug-likeness (QED) is 0.422. The molecule has 0 saturated heterocycles. The fourth-order valence-corrected chi connectivity index (χ4v) is 2.82. The Hall–Kier alpha value is -1.62. The monoisotopic (exact) mass is 494 g/mol. The van der Waals surface area contributed by atoms with Gasteiger partial charge in [0.25, 0.3) is 5.91 Å². The van der Waals surface area contributed by atoms with Crippen molar-refractivity contribution in [2.45, 2.75) is 12.5 Å². The Morgan fingerprint density at radius 1 is 1.38 bits per heavy atom. The van der Waals surface area contributed by atoms with E-state index in [2.05, 4.69) is 5.32 Å². The summed E-state index contributed by atoms with van der Waals surface area (Å²) in [6.07, 6.45) is -0.774. The molecule has 0 unspecified atom stereocenters. The number of nitrogens with two attached hydrogens (primary N) is 1. The van der Waals surface area contributed by atoms with E-state index in [1.54, 1.807) is 6.07 Å². The zero-order valence-electron chi connectivity index (χ0n) is 13.5. The highest BCUT2D eigenvalue weighted by Crippen LogP contribution is 2.36. The van der Waals surface area contributed by atoms with Crippen molar-refractivity contribution in [1.29, 1.82) is 0 Å². The van der Waals surface area contributed by atoms with E-state index in [1.807, 2.05) is 22.6 Å². The molecule has 9 heteroatoms. The molecule has 0 aliphatic heterocycles. The molecule has 1 atom stereocenters. The van der Waals surface area contributed by atoms with E-state index < -0.39 is 24.4 Å². The Balaban J connectivity index is 2.35. The normalized spacial score (nSPS) is 11.9. The average Bonchev–Trinajstić information content (AvgIpc) is 2.59. The number of hydrogen-bond donors (Lipinski definition) is 4. The van der Waals surface area contributed by atoms with Gasteiger partial charge in [0.15, 0.2) is 0 Å². The number of amides is 1. The molecule has 1 amide bonds. The van der Waals surface area contributed by atoms with Crippen molar-refractivity contribution in [2.75, 3.05) is 18.5 Å². The Bertz CT molecular complexity index is 807. The summed E-state index contributed by atoms with van der Waals surface area (Å²) in [7, 11) is 0. The molecule has 5 N–H and O–H groups in total. The summed E-state index contributed by atoms with van der Waals surface area (Å²) in [6.45, 7) is -0.355. The Labute approximate surface area is 168 Å². The number of aliphatic hydroxyl groups excluding tert-OH is 2. The van der Waals surface area contributed by atoms with Gasteiger partial charge in [0.05, 0.1) is 35.7 Å². The van der Waals surface area contributed by atoms with Gasteiger partial charge in [0.2, 0.25) is 0 Å². The van der Waals surface area contributed by atoms with Crippen molar-refractivity contribution in [2.24, 2.45) is 5.73 Å². The number of nitrogens with one attached hydrogen (secondary N) is 1. The van der Waals surface area contributed by atoms with Gasteiger partial charge in [-0.25, -0.2) is 4.39 Å². The number of anilines is 2. The summed E-state index contributed by atoms with van der Waals surface area (Å²) in [6, 6.07) is 7.49. The molecule has 2 aromatic carbocycles. The smallest absolute Gasteiger partial charge is 0.254 e. The van der Waals surface area contributed by atoms with E-state index in [4.69, 9.17) is 27.2 Å². The van der Waals surface area contributed by atoms with E-state index >= 15 is 0 Å². The van der Waals surface area contributed by atoms with Crippen molar-refractivity contribution in [3.63, 3.8) is 0 Å². The van der Waals surface area contributed by atoms with Gasteiger partial charge in [-0.3, -0.25) is 4.79 Å². The minimum absolute atomic E-state index is 0.0334. The van der Waals surface area contributed by atoms with Gasteiger partial charge in [0, 0.05) is 9.99 Å². The van der Waals surface area contributed by atoms with Crippen LogP contribution in [0.4, 0.5) is 15.8 Å². The van der Waals surface area contributed by atoms with Crippen molar-refractivity contribution in [1.82, 2.24) is 0 Å². The topological polar surface area (TPSA) is 105 Å². The largest absolute Gasteiger partial charge is 0.493 e. The highest BCUT2D eigenvalue weighted by molar-refractivity contribution is 14.1. The van der Waals surface area contributed by atoms with Crippen LogP contribution >= 0.6 is 34.2 Å². The number of benzene rings is 2. The molecule has 140 valence electrons. The van der Waals surface area contributed by atoms with Crippen molar-refractivity contribution in [3.8, 4) is 5.75 Å². The van der Waals surface area contributed by atoms with Crippen molar-refractivity contribution >= 4 is 51.5 Å². The summed E-state index contributed by atoms with van der Waals surface area (Å²) in [5.41, 5.74) is 5.67. The van der Waals surface area contributed by atoms with Gasteiger partial charge in [-0.05, 0) is 52.9 Å². The molecular weight excluding hydrogens is 478 g/mol. The van der Waals surface area contributed by atoms with Gasteiger partial charge >= 0.3 is 0 Å². The van der Waals surface area contributed by atoms with E-state index in [0.29, 0.717) is 3.57 Å². The van der Waals surface area contributed by atoms with Crippen LogP contribution in [0.3, 0.4) is 0 Å². The second kappa shape index (κ2) is 9.36. The van der Waals surface area contributed by atoms with Crippen LogP contribution in [-0.2, 0) is 0 Å². The van der Waals surface area contributed by atoms with E-state index in [9.17, 15) is 14.3 Å². The van der Waals surface area contributed by atoms with Crippen LogP contribution < -0.4 is 15.8 Å².